The maximum absolute atomic E-state index is 13.5. The van der Waals surface area contributed by atoms with Gasteiger partial charge in [0.2, 0.25) is 0 Å². The van der Waals surface area contributed by atoms with Gasteiger partial charge in [0.25, 0.3) is 0 Å². The second kappa shape index (κ2) is 6.83. The molecule has 0 unspecified atom stereocenters. The standard InChI is InChI=1S/C21H20FN3O3/c22-15-4-5-19-16(12-15)14(13-27-19)6-7-24-8-10-25(11-9-24)18-3-1-2-17-20(18)28-21(26)23-17/h1-5,12-13H,6-11H2,(H,23,26). The van der Waals surface area contributed by atoms with Gasteiger partial charge in [-0.15, -0.1) is 0 Å². The first kappa shape index (κ1) is 17.1. The topological polar surface area (TPSA) is 65.6 Å². The Labute approximate surface area is 160 Å². The number of furan rings is 1. The number of fused-ring (bicyclic) bond motifs is 2. The zero-order chi connectivity index (χ0) is 19.1. The summed E-state index contributed by atoms with van der Waals surface area (Å²) in [6, 6.07) is 10.4. The minimum absolute atomic E-state index is 0.241. The molecule has 2 aromatic carbocycles. The normalized spacial score (nSPS) is 15.7. The van der Waals surface area contributed by atoms with E-state index < -0.39 is 5.76 Å². The molecule has 0 radical (unpaired) electrons. The third-order valence-corrected chi connectivity index (χ3v) is 5.45. The van der Waals surface area contributed by atoms with Crippen LogP contribution in [0, 0.1) is 5.82 Å². The number of piperazine rings is 1. The van der Waals surface area contributed by atoms with Gasteiger partial charge in [-0.2, -0.15) is 0 Å². The third kappa shape index (κ3) is 3.07. The highest BCUT2D eigenvalue weighted by Gasteiger charge is 2.20. The molecule has 2 aromatic heterocycles. The van der Waals surface area contributed by atoms with Crippen LogP contribution in [0.25, 0.3) is 22.1 Å². The summed E-state index contributed by atoms with van der Waals surface area (Å²) in [5, 5.41) is 0.854. The number of aromatic amines is 1. The van der Waals surface area contributed by atoms with E-state index in [2.05, 4.69) is 14.8 Å². The molecule has 28 heavy (non-hydrogen) atoms. The highest BCUT2D eigenvalue weighted by atomic mass is 19.1. The van der Waals surface area contributed by atoms with E-state index in [1.165, 1.54) is 12.1 Å². The first-order chi connectivity index (χ1) is 13.7. The van der Waals surface area contributed by atoms with Crippen LogP contribution in [-0.4, -0.2) is 42.6 Å². The molecule has 1 N–H and O–H groups in total. The fourth-order valence-corrected chi connectivity index (χ4v) is 3.95. The quantitative estimate of drug-likeness (QED) is 0.587. The predicted molar refractivity (Wildman–Crippen MR) is 105 cm³/mol. The van der Waals surface area contributed by atoms with E-state index in [1.54, 1.807) is 12.3 Å². The molecule has 0 saturated carbocycles. The number of nitrogens with one attached hydrogen (secondary N) is 1. The lowest BCUT2D eigenvalue weighted by atomic mass is 10.1. The molecule has 0 amide bonds. The summed E-state index contributed by atoms with van der Waals surface area (Å²) in [7, 11) is 0. The van der Waals surface area contributed by atoms with Gasteiger partial charge in [-0.05, 0) is 42.3 Å². The second-order valence-electron chi connectivity index (χ2n) is 7.15. The van der Waals surface area contributed by atoms with Crippen LogP contribution in [0.1, 0.15) is 5.56 Å². The van der Waals surface area contributed by atoms with Crippen LogP contribution in [0.2, 0.25) is 0 Å². The molecule has 1 fully saturated rings. The van der Waals surface area contributed by atoms with E-state index in [9.17, 15) is 9.18 Å². The van der Waals surface area contributed by atoms with Crippen LogP contribution >= 0.6 is 0 Å². The maximum atomic E-state index is 13.5. The average Bonchev–Trinajstić information content (AvgIpc) is 3.28. The lowest BCUT2D eigenvalue weighted by molar-refractivity contribution is 0.261. The van der Waals surface area contributed by atoms with E-state index in [0.29, 0.717) is 5.58 Å². The van der Waals surface area contributed by atoms with Gasteiger partial charge in [-0.1, -0.05) is 6.07 Å². The van der Waals surface area contributed by atoms with Gasteiger partial charge in [-0.25, -0.2) is 9.18 Å². The van der Waals surface area contributed by atoms with Crippen LogP contribution in [0.15, 0.2) is 56.3 Å². The van der Waals surface area contributed by atoms with Gasteiger partial charge in [0.05, 0.1) is 17.5 Å². The Kier molecular flexibility index (Phi) is 4.16. The summed E-state index contributed by atoms with van der Waals surface area (Å²) in [4.78, 5) is 18.9. The van der Waals surface area contributed by atoms with Crippen molar-refractivity contribution in [2.45, 2.75) is 6.42 Å². The molecule has 6 nitrogen and oxygen atoms in total. The number of aromatic nitrogens is 1. The number of rotatable bonds is 4. The SMILES string of the molecule is O=c1[nH]c2cccc(N3CCN(CCc4coc5ccc(F)cc45)CC3)c2o1. The highest BCUT2D eigenvalue weighted by Crippen LogP contribution is 2.26. The fraction of sp³-hybridized carbons (Fsp3) is 0.286. The molecular weight excluding hydrogens is 361 g/mol. The first-order valence-corrected chi connectivity index (χ1v) is 9.42. The Balaban J connectivity index is 1.24. The number of para-hydroxylation sites is 1. The smallest absolute Gasteiger partial charge is 0.417 e. The second-order valence-corrected chi connectivity index (χ2v) is 7.15. The van der Waals surface area contributed by atoms with Crippen LogP contribution in [0.3, 0.4) is 0 Å². The van der Waals surface area contributed by atoms with Crippen LogP contribution in [-0.2, 0) is 6.42 Å². The number of halogens is 1. The van der Waals surface area contributed by atoms with Crippen molar-refractivity contribution < 1.29 is 13.2 Å². The zero-order valence-corrected chi connectivity index (χ0v) is 15.3. The lowest BCUT2D eigenvalue weighted by Crippen LogP contribution is -2.47. The fourth-order valence-electron chi connectivity index (χ4n) is 3.95. The molecule has 0 aliphatic carbocycles. The monoisotopic (exact) mass is 381 g/mol. The van der Waals surface area contributed by atoms with Crippen LogP contribution in [0.4, 0.5) is 10.1 Å². The summed E-state index contributed by atoms with van der Waals surface area (Å²) < 4.78 is 24.4. The Morgan fingerprint density at radius 1 is 1.11 bits per heavy atom. The van der Waals surface area contributed by atoms with Gasteiger partial charge >= 0.3 is 5.76 Å². The summed E-state index contributed by atoms with van der Waals surface area (Å²) in [6.07, 6.45) is 2.55. The molecular formula is C21H20FN3O3. The largest absolute Gasteiger partial charge is 0.464 e. The number of anilines is 1. The average molecular weight is 381 g/mol. The predicted octanol–water partition coefficient (Wildman–Crippen LogP) is 3.37. The molecule has 1 aliphatic heterocycles. The molecule has 0 bridgehead atoms. The molecule has 144 valence electrons. The highest BCUT2D eigenvalue weighted by molar-refractivity contribution is 5.86. The van der Waals surface area contributed by atoms with Gasteiger partial charge in [-0.3, -0.25) is 9.88 Å². The van der Waals surface area contributed by atoms with Crippen molar-refractivity contribution in [1.29, 1.82) is 0 Å². The van der Waals surface area contributed by atoms with E-state index in [1.807, 2.05) is 18.2 Å². The third-order valence-electron chi connectivity index (χ3n) is 5.45. The van der Waals surface area contributed by atoms with Gasteiger partial charge in [0.1, 0.15) is 11.4 Å². The molecule has 1 saturated heterocycles. The maximum Gasteiger partial charge on any atom is 0.417 e. The summed E-state index contributed by atoms with van der Waals surface area (Å²) in [6.45, 7) is 4.43. The molecule has 7 heteroatoms. The lowest BCUT2D eigenvalue weighted by Gasteiger charge is -2.35. The van der Waals surface area contributed by atoms with E-state index >= 15 is 0 Å². The number of nitrogens with zero attached hydrogens (tertiary/aromatic N) is 2. The minimum Gasteiger partial charge on any atom is -0.464 e. The van der Waals surface area contributed by atoms with Crippen molar-refractivity contribution in [1.82, 2.24) is 9.88 Å². The first-order valence-electron chi connectivity index (χ1n) is 9.42. The molecule has 5 rings (SSSR count). The number of oxazole rings is 1. The van der Waals surface area contributed by atoms with E-state index in [4.69, 9.17) is 8.83 Å². The van der Waals surface area contributed by atoms with Crippen molar-refractivity contribution in [3.05, 3.63) is 64.6 Å². The van der Waals surface area contributed by atoms with Crippen molar-refractivity contribution in [3.8, 4) is 0 Å². The number of benzene rings is 2. The van der Waals surface area contributed by atoms with Gasteiger partial charge in [0, 0.05) is 38.1 Å². The summed E-state index contributed by atoms with van der Waals surface area (Å²) in [5.74, 6) is -0.667. The minimum atomic E-state index is -0.426. The number of hydrogen-bond donors (Lipinski definition) is 1. The van der Waals surface area contributed by atoms with Crippen LogP contribution < -0.4 is 10.7 Å². The molecule has 4 aromatic rings. The van der Waals surface area contributed by atoms with Crippen molar-refractivity contribution in [2.24, 2.45) is 0 Å². The molecule has 0 atom stereocenters. The summed E-state index contributed by atoms with van der Waals surface area (Å²) in [5.41, 5.74) is 4.06. The Hall–Kier alpha value is -3.06. The number of H-pyrrole nitrogens is 1. The van der Waals surface area contributed by atoms with E-state index in [0.717, 1.165) is 66.9 Å². The van der Waals surface area contributed by atoms with Crippen molar-refractivity contribution >= 4 is 27.8 Å². The van der Waals surface area contributed by atoms with E-state index in [-0.39, 0.29) is 5.82 Å². The molecule has 0 spiro atoms. The zero-order valence-electron chi connectivity index (χ0n) is 15.3. The Morgan fingerprint density at radius 3 is 2.82 bits per heavy atom. The van der Waals surface area contributed by atoms with Crippen molar-refractivity contribution in [2.75, 3.05) is 37.6 Å². The molecule has 1 aliphatic rings. The van der Waals surface area contributed by atoms with Crippen LogP contribution in [0.5, 0.6) is 0 Å². The molecule has 3 heterocycles. The Bertz CT molecular complexity index is 1180. The van der Waals surface area contributed by atoms with Gasteiger partial charge in [0.15, 0.2) is 5.58 Å². The summed E-state index contributed by atoms with van der Waals surface area (Å²) >= 11 is 0. The number of hydrogen-bond acceptors (Lipinski definition) is 5. The Morgan fingerprint density at radius 2 is 1.96 bits per heavy atom. The van der Waals surface area contributed by atoms with Gasteiger partial charge < -0.3 is 13.7 Å². The van der Waals surface area contributed by atoms with Crippen molar-refractivity contribution in [3.63, 3.8) is 0 Å².